The summed E-state index contributed by atoms with van der Waals surface area (Å²) >= 11 is 0. The van der Waals surface area contributed by atoms with Crippen LogP contribution in [-0.2, 0) is 44.8 Å². The van der Waals surface area contributed by atoms with Gasteiger partial charge in [-0.05, 0) is 70.3 Å². The number of likely N-dealkylation sites (tertiary alicyclic amines) is 3. The van der Waals surface area contributed by atoms with Gasteiger partial charge in [-0.1, -0.05) is 20.3 Å². The van der Waals surface area contributed by atoms with Crippen LogP contribution in [0.4, 0.5) is 0 Å². The smallest absolute Gasteiger partial charge is 0.326 e. The Hall–Kier alpha value is -5.07. The second kappa shape index (κ2) is 19.2. The number of nitrogens with zero attached hydrogens (tertiary/aromatic N) is 4. The Balaban J connectivity index is 1.30. The summed E-state index contributed by atoms with van der Waals surface area (Å²) in [5, 5.41) is 21.1. The highest BCUT2D eigenvalue weighted by atomic mass is 16.4. The highest BCUT2D eigenvalue weighted by molar-refractivity contribution is 5.98. The number of carbonyl (C=O) groups is 8. The summed E-state index contributed by atoms with van der Waals surface area (Å²) in [6.07, 6.45) is 7.14. The highest BCUT2D eigenvalue weighted by Gasteiger charge is 2.45. The van der Waals surface area contributed by atoms with Crippen molar-refractivity contribution in [1.29, 1.82) is 0 Å². The van der Waals surface area contributed by atoms with Crippen LogP contribution in [0.1, 0.15) is 90.2 Å². The average Bonchev–Trinajstić information content (AvgIpc) is 4.03. The van der Waals surface area contributed by atoms with Crippen molar-refractivity contribution >= 4 is 47.3 Å². The second-order valence-electron chi connectivity index (χ2n) is 15.3. The van der Waals surface area contributed by atoms with E-state index < -0.39 is 89.6 Å². The standard InChI is InChI=1S/C37H56N10O9/c1-3-21(2)30(36(54)46-16-6-10-27(46)35(53)47-17-7-11-28(47)37(55)56)44-32(50)24(12-13-29(38)48)42-33(51)26-9-5-15-45(26)34(52)25(18-22-19-39-20-41-22)43-31(49)23-8-4-14-40-23/h19-21,23-28,30,40H,3-18H2,1-2H3,(H2,38,48)(H,39,41)(H,42,51)(H,43,49)(H,44,50)(H,55,56)/t21-,23-,24-,25-,26-,27-,28-,30-/m0/s1. The maximum atomic E-state index is 14.2. The molecule has 56 heavy (non-hydrogen) atoms. The van der Waals surface area contributed by atoms with E-state index in [-0.39, 0.29) is 51.2 Å². The van der Waals surface area contributed by atoms with Crippen LogP contribution in [0.3, 0.4) is 0 Å². The molecular formula is C37H56N10O9. The van der Waals surface area contributed by atoms with E-state index >= 15 is 0 Å². The monoisotopic (exact) mass is 784 g/mol. The normalized spacial score (nSPS) is 24.3. The number of hydrogen-bond acceptors (Lipinski definition) is 10. The SMILES string of the molecule is CC[C@H](C)[C@H](NC(=O)[C@H](CCC(N)=O)NC(=O)[C@@H]1CCCN1C(=O)[C@H](Cc1cnc[nH]1)NC(=O)[C@@H]1CCCN1)C(=O)N1CCC[C@H]1C(=O)N1CCC[C@H]1C(=O)O. The zero-order valence-electron chi connectivity index (χ0n) is 32.2. The summed E-state index contributed by atoms with van der Waals surface area (Å²) < 4.78 is 0. The summed E-state index contributed by atoms with van der Waals surface area (Å²) in [5.74, 6) is -5.31. The van der Waals surface area contributed by atoms with Crippen LogP contribution in [0.15, 0.2) is 12.5 Å². The Labute approximate surface area is 325 Å². The number of rotatable bonds is 17. The van der Waals surface area contributed by atoms with Gasteiger partial charge < -0.3 is 51.8 Å². The summed E-state index contributed by atoms with van der Waals surface area (Å²) in [7, 11) is 0. The molecule has 5 heterocycles. The van der Waals surface area contributed by atoms with Crippen molar-refractivity contribution in [3.63, 3.8) is 0 Å². The van der Waals surface area contributed by atoms with Gasteiger partial charge in [0.05, 0.1) is 12.4 Å². The molecule has 1 aromatic rings. The molecule has 1 aromatic heterocycles. The first-order valence-electron chi connectivity index (χ1n) is 19.8. The molecule has 308 valence electrons. The van der Waals surface area contributed by atoms with E-state index in [9.17, 15) is 43.5 Å². The Morgan fingerprint density at radius 2 is 1.48 bits per heavy atom. The van der Waals surface area contributed by atoms with Crippen LogP contribution in [-0.4, -0.2) is 146 Å². The predicted molar refractivity (Wildman–Crippen MR) is 199 cm³/mol. The lowest BCUT2D eigenvalue weighted by molar-refractivity contribution is -0.152. The Kier molecular flexibility index (Phi) is 14.4. The number of H-pyrrole nitrogens is 1. The third kappa shape index (κ3) is 10.0. The van der Waals surface area contributed by atoms with E-state index in [1.807, 2.05) is 6.92 Å². The second-order valence-corrected chi connectivity index (χ2v) is 15.3. The minimum atomic E-state index is -1.31. The quantitative estimate of drug-likeness (QED) is 0.0958. The van der Waals surface area contributed by atoms with Crippen molar-refractivity contribution in [2.75, 3.05) is 26.2 Å². The fourth-order valence-corrected chi connectivity index (χ4v) is 8.20. The van der Waals surface area contributed by atoms with Crippen LogP contribution < -0.4 is 27.0 Å². The molecule has 19 heteroatoms. The van der Waals surface area contributed by atoms with Gasteiger partial charge in [-0.3, -0.25) is 33.6 Å². The van der Waals surface area contributed by atoms with Crippen molar-refractivity contribution in [3.05, 3.63) is 18.2 Å². The Morgan fingerprint density at radius 3 is 2.09 bits per heavy atom. The summed E-state index contributed by atoms with van der Waals surface area (Å²) in [6.45, 7) is 5.07. The first kappa shape index (κ1) is 42.1. The van der Waals surface area contributed by atoms with Crippen molar-refractivity contribution < 1.29 is 43.5 Å². The lowest BCUT2D eigenvalue weighted by Crippen LogP contribution is -2.60. The van der Waals surface area contributed by atoms with E-state index in [2.05, 4.69) is 31.2 Å². The van der Waals surface area contributed by atoms with Crippen LogP contribution in [0.25, 0.3) is 0 Å². The maximum absolute atomic E-state index is 14.2. The van der Waals surface area contributed by atoms with Crippen molar-refractivity contribution in [3.8, 4) is 0 Å². The lowest BCUT2D eigenvalue weighted by atomic mass is 9.96. The largest absolute Gasteiger partial charge is 0.480 e. The van der Waals surface area contributed by atoms with Crippen LogP contribution in [0.2, 0.25) is 0 Å². The molecule has 0 unspecified atom stereocenters. The number of hydrogen-bond donors (Lipinski definition) is 7. The van der Waals surface area contributed by atoms with Gasteiger partial charge in [-0.2, -0.15) is 0 Å². The number of nitrogens with one attached hydrogen (secondary N) is 5. The van der Waals surface area contributed by atoms with Crippen LogP contribution in [0, 0.1) is 5.92 Å². The molecule has 0 spiro atoms. The van der Waals surface area contributed by atoms with Gasteiger partial charge in [0.25, 0.3) is 0 Å². The molecule has 8 N–H and O–H groups in total. The Morgan fingerprint density at radius 1 is 0.839 bits per heavy atom. The van der Waals surface area contributed by atoms with Crippen molar-refractivity contribution in [2.24, 2.45) is 11.7 Å². The lowest BCUT2D eigenvalue weighted by Gasteiger charge is -2.34. The predicted octanol–water partition coefficient (Wildman–Crippen LogP) is -1.47. The van der Waals surface area contributed by atoms with E-state index in [1.54, 1.807) is 13.1 Å². The molecule has 4 fully saturated rings. The summed E-state index contributed by atoms with van der Waals surface area (Å²) in [6, 6.07) is -6.67. The molecule has 0 aliphatic carbocycles. The summed E-state index contributed by atoms with van der Waals surface area (Å²) in [4.78, 5) is 118. The first-order valence-corrected chi connectivity index (χ1v) is 19.8. The van der Waals surface area contributed by atoms with Gasteiger partial charge in [0.2, 0.25) is 41.4 Å². The number of aromatic nitrogens is 2. The van der Waals surface area contributed by atoms with Crippen molar-refractivity contribution in [2.45, 2.75) is 133 Å². The van der Waals surface area contributed by atoms with E-state index in [0.717, 1.165) is 6.42 Å². The van der Waals surface area contributed by atoms with Gasteiger partial charge in [-0.15, -0.1) is 0 Å². The molecule has 0 saturated carbocycles. The molecule has 5 rings (SSSR count). The van der Waals surface area contributed by atoms with Gasteiger partial charge >= 0.3 is 5.97 Å². The molecule has 4 aliphatic heterocycles. The number of carboxylic acids is 1. The van der Waals surface area contributed by atoms with Crippen molar-refractivity contribution in [1.82, 2.24) is 45.9 Å². The van der Waals surface area contributed by atoms with Crippen LogP contribution in [0.5, 0.6) is 0 Å². The molecular weight excluding hydrogens is 728 g/mol. The van der Waals surface area contributed by atoms with Gasteiger partial charge in [0, 0.05) is 44.4 Å². The van der Waals surface area contributed by atoms with Crippen LogP contribution >= 0.6 is 0 Å². The average molecular weight is 785 g/mol. The zero-order valence-corrected chi connectivity index (χ0v) is 32.2. The third-order valence-corrected chi connectivity index (χ3v) is 11.5. The number of carboxylic acid groups (broad SMARTS) is 1. The molecule has 4 aliphatic rings. The number of imidazole rings is 1. The molecule has 0 aromatic carbocycles. The summed E-state index contributed by atoms with van der Waals surface area (Å²) in [5.41, 5.74) is 6.05. The topological polar surface area (TPSA) is 269 Å². The number of aromatic amines is 1. The zero-order chi connectivity index (χ0) is 40.5. The molecule has 7 amide bonds. The molecule has 19 nitrogen and oxygen atoms in total. The highest BCUT2D eigenvalue weighted by Crippen LogP contribution is 2.27. The number of carbonyl (C=O) groups excluding carboxylic acids is 7. The molecule has 4 saturated heterocycles. The minimum absolute atomic E-state index is 0.110. The fraction of sp³-hybridized carbons (Fsp3) is 0.703. The van der Waals surface area contributed by atoms with E-state index in [4.69, 9.17) is 5.73 Å². The van der Waals surface area contributed by atoms with Gasteiger partial charge in [-0.25, -0.2) is 9.78 Å². The number of amides is 7. The molecule has 8 atom stereocenters. The van der Waals surface area contributed by atoms with Gasteiger partial charge in [0.1, 0.15) is 36.3 Å². The first-order chi connectivity index (χ1) is 26.8. The number of nitrogens with two attached hydrogens (primary N) is 1. The van der Waals surface area contributed by atoms with E-state index in [0.29, 0.717) is 57.2 Å². The van der Waals surface area contributed by atoms with E-state index in [1.165, 1.54) is 21.0 Å². The maximum Gasteiger partial charge on any atom is 0.326 e. The third-order valence-electron chi connectivity index (χ3n) is 11.5. The Bertz CT molecular complexity index is 1620. The number of primary amides is 1. The van der Waals surface area contributed by atoms with Gasteiger partial charge in [0.15, 0.2) is 0 Å². The molecule has 0 bridgehead atoms. The number of aliphatic carboxylic acids is 1. The molecule has 0 radical (unpaired) electrons. The fourth-order valence-electron chi connectivity index (χ4n) is 8.20. The minimum Gasteiger partial charge on any atom is -0.480 e.